The summed E-state index contributed by atoms with van der Waals surface area (Å²) in [5, 5.41) is 24.9. The summed E-state index contributed by atoms with van der Waals surface area (Å²) in [5.41, 5.74) is 0.0159. The number of nitrogens with zero attached hydrogens (tertiary/aromatic N) is 1. The van der Waals surface area contributed by atoms with Crippen molar-refractivity contribution in [3.8, 4) is 0 Å². The van der Waals surface area contributed by atoms with Crippen molar-refractivity contribution in [2.45, 2.75) is 26.3 Å². The number of aliphatic carboxylic acids is 1. The Labute approximate surface area is 171 Å². The van der Waals surface area contributed by atoms with Gasteiger partial charge in [-0.05, 0) is 48.2 Å². The Hall–Kier alpha value is -3.95. The van der Waals surface area contributed by atoms with Crippen molar-refractivity contribution in [3.05, 3.63) is 69.8 Å². The first kappa shape index (κ1) is 22.3. The first-order chi connectivity index (χ1) is 14.2. The van der Waals surface area contributed by atoms with Gasteiger partial charge in [-0.3, -0.25) is 19.7 Å². The molecule has 0 fully saturated rings. The van der Waals surface area contributed by atoms with Gasteiger partial charge in [0, 0.05) is 12.1 Å². The molecule has 0 radical (unpaired) electrons. The molecule has 2 rings (SSSR count). The SMILES string of the molecule is CC(C)C[C@@H](NC(=O)/C(=C/c1ccc([N+](=O)[O-])cc1)NC(=O)c1ccco1)C(=O)O. The van der Waals surface area contributed by atoms with E-state index in [1.807, 2.05) is 13.8 Å². The molecule has 0 aliphatic heterocycles. The van der Waals surface area contributed by atoms with Gasteiger partial charge in [0.2, 0.25) is 0 Å². The number of furan rings is 1. The van der Waals surface area contributed by atoms with Gasteiger partial charge in [-0.1, -0.05) is 13.8 Å². The summed E-state index contributed by atoms with van der Waals surface area (Å²) in [6, 6.07) is 7.02. The molecule has 0 saturated heterocycles. The van der Waals surface area contributed by atoms with Gasteiger partial charge >= 0.3 is 5.97 Å². The third-order valence-electron chi connectivity index (χ3n) is 3.96. The summed E-state index contributed by atoms with van der Waals surface area (Å²) in [6.07, 6.45) is 2.77. The summed E-state index contributed by atoms with van der Waals surface area (Å²) in [6.45, 7) is 3.63. The number of nitro groups is 1. The van der Waals surface area contributed by atoms with Gasteiger partial charge in [0.15, 0.2) is 5.76 Å². The van der Waals surface area contributed by atoms with E-state index in [1.165, 1.54) is 48.7 Å². The molecule has 1 heterocycles. The lowest BCUT2D eigenvalue weighted by atomic mass is 10.0. The maximum Gasteiger partial charge on any atom is 0.326 e. The van der Waals surface area contributed by atoms with Crippen LogP contribution in [0.1, 0.15) is 36.4 Å². The lowest BCUT2D eigenvalue weighted by molar-refractivity contribution is -0.384. The molecule has 0 saturated carbocycles. The van der Waals surface area contributed by atoms with Crippen LogP contribution in [0.25, 0.3) is 6.08 Å². The van der Waals surface area contributed by atoms with Crippen molar-refractivity contribution in [1.29, 1.82) is 0 Å². The molecule has 3 N–H and O–H groups in total. The lowest BCUT2D eigenvalue weighted by Gasteiger charge is -2.18. The highest BCUT2D eigenvalue weighted by Crippen LogP contribution is 2.15. The Balaban J connectivity index is 2.31. The Morgan fingerprint density at radius 2 is 1.87 bits per heavy atom. The Morgan fingerprint density at radius 3 is 2.37 bits per heavy atom. The maximum atomic E-state index is 12.7. The molecule has 30 heavy (non-hydrogen) atoms. The molecule has 1 aromatic carbocycles. The van der Waals surface area contributed by atoms with E-state index in [-0.39, 0.29) is 29.5 Å². The van der Waals surface area contributed by atoms with Crippen LogP contribution in [0.3, 0.4) is 0 Å². The standard InChI is InChI=1S/C20H21N3O7/c1-12(2)10-16(20(26)27)22-18(24)15(21-19(25)17-4-3-9-30-17)11-13-5-7-14(8-6-13)23(28)29/h3-9,11-12,16H,10H2,1-2H3,(H,21,25)(H,22,24)(H,26,27)/b15-11-/t16-/m1/s1. The highest BCUT2D eigenvalue weighted by Gasteiger charge is 2.24. The summed E-state index contributed by atoms with van der Waals surface area (Å²) in [7, 11) is 0. The lowest BCUT2D eigenvalue weighted by Crippen LogP contribution is -2.44. The second-order valence-corrected chi connectivity index (χ2v) is 6.83. The molecule has 10 heteroatoms. The minimum Gasteiger partial charge on any atom is -0.480 e. The van der Waals surface area contributed by atoms with E-state index < -0.39 is 28.7 Å². The van der Waals surface area contributed by atoms with E-state index in [2.05, 4.69) is 10.6 Å². The first-order valence-corrected chi connectivity index (χ1v) is 9.02. The molecule has 1 atom stereocenters. The van der Waals surface area contributed by atoms with Crippen LogP contribution in [0, 0.1) is 16.0 Å². The summed E-state index contributed by atoms with van der Waals surface area (Å²) >= 11 is 0. The largest absolute Gasteiger partial charge is 0.480 e. The van der Waals surface area contributed by atoms with Gasteiger partial charge < -0.3 is 20.2 Å². The van der Waals surface area contributed by atoms with Gasteiger partial charge in [-0.15, -0.1) is 0 Å². The third kappa shape index (κ3) is 6.30. The van der Waals surface area contributed by atoms with Crippen LogP contribution in [0.15, 0.2) is 52.8 Å². The van der Waals surface area contributed by atoms with Crippen LogP contribution in [-0.2, 0) is 9.59 Å². The number of carbonyl (C=O) groups is 3. The topological polar surface area (TPSA) is 152 Å². The van der Waals surface area contributed by atoms with Gasteiger partial charge in [0.05, 0.1) is 11.2 Å². The quantitative estimate of drug-likeness (QED) is 0.323. The minimum absolute atomic E-state index is 0.00575. The smallest absolute Gasteiger partial charge is 0.326 e. The molecule has 0 unspecified atom stereocenters. The van der Waals surface area contributed by atoms with Crippen LogP contribution in [-0.4, -0.2) is 33.9 Å². The highest BCUT2D eigenvalue weighted by atomic mass is 16.6. The fourth-order valence-electron chi connectivity index (χ4n) is 2.54. The van der Waals surface area contributed by atoms with Crippen molar-refractivity contribution >= 4 is 29.5 Å². The highest BCUT2D eigenvalue weighted by molar-refractivity contribution is 6.05. The predicted molar refractivity (Wildman–Crippen MR) is 106 cm³/mol. The fraction of sp³-hybridized carbons (Fsp3) is 0.250. The number of non-ortho nitro benzene ring substituents is 1. The molecular weight excluding hydrogens is 394 g/mol. The van der Waals surface area contributed by atoms with Crippen LogP contribution in [0.5, 0.6) is 0 Å². The normalized spacial score (nSPS) is 12.3. The number of benzene rings is 1. The number of carbonyl (C=O) groups excluding carboxylic acids is 2. The van der Waals surface area contributed by atoms with Crippen molar-refractivity contribution < 1.29 is 28.8 Å². The van der Waals surface area contributed by atoms with Gasteiger partial charge in [0.25, 0.3) is 17.5 Å². The van der Waals surface area contributed by atoms with Crippen LogP contribution >= 0.6 is 0 Å². The van der Waals surface area contributed by atoms with Crippen LogP contribution in [0.2, 0.25) is 0 Å². The molecule has 158 valence electrons. The summed E-state index contributed by atoms with van der Waals surface area (Å²) in [5.74, 6) is -2.77. The minimum atomic E-state index is -1.20. The number of rotatable bonds is 9. The second kappa shape index (κ2) is 10.0. The second-order valence-electron chi connectivity index (χ2n) is 6.83. The number of carboxylic acids is 1. The summed E-state index contributed by atoms with van der Waals surface area (Å²) in [4.78, 5) is 46.7. The number of hydrogen-bond acceptors (Lipinski definition) is 6. The molecule has 0 aliphatic carbocycles. The molecule has 0 spiro atoms. The Morgan fingerprint density at radius 1 is 1.20 bits per heavy atom. The zero-order valence-electron chi connectivity index (χ0n) is 16.3. The van der Waals surface area contributed by atoms with E-state index in [1.54, 1.807) is 0 Å². The van der Waals surface area contributed by atoms with Crippen molar-refractivity contribution in [2.24, 2.45) is 5.92 Å². The number of nitro benzene ring substituents is 1. The molecule has 0 aliphatic rings. The van der Waals surface area contributed by atoms with E-state index >= 15 is 0 Å². The zero-order valence-corrected chi connectivity index (χ0v) is 16.3. The van der Waals surface area contributed by atoms with Gasteiger partial charge in [0.1, 0.15) is 11.7 Å². The zero-order chi connectivity index (χ0) is 22.3. The number of hydrogen-bond donors (Lipinski definition) is 3. The van der Waals surface area contributed by atoms with Gasteiger partial charge in [-0.2, -0.15) is 0 Å². The fourth-order valence-corrected chi connectivity index (χ4v) is 2.54. The third-order valence-corrected chi connectivity index (χ3v) is 3.96. The number of carboxylic acid groups (broad SMARTS) is 1. The summed E-state index contributed by atoms with van der Waals surface area (Å²) < 4.78 is 5.00. The molecular formula is C20H21N3O7. The maximum absolute atomic E-state index is 12.7. The molecule has 10 nitrogen and oxygen atoms in total. The number of amides is 2. The number of nitrogens with one attached hydrogen (secondary N) is 2. The van der Waals surface area contributed by atoms with Crippen molar-refractivity contribution in [1.82, 2.24) is 10.6 Å². The average Bonchev–Trinajstić information content (AvgIpc) is 3.21. The van der Waals surface area contributed by atoms with E-state index in [4.69, 9.17) is 4.42 Å². The molecule has 0 bridgehead atoms. The molecule has 1 aromatic heterocycles. The molecule has 2 aromatic rings. The Kier molecular flexibility index (Phi) is 7.45. The average molecular weight is 415 g/mol. The van der Waals surface area contributed by atoms with E-state index in [0.29, 0.717) is 5.56 Å². The first-order valence-electron chi connectivity index (χ1n) is 9.02. The monoisotopic (exact) mass is 415 g/mol. The van der Waals surface area contributed by atoms with Crippen LogP contribution < -0.4 is 10.6 Å². The van der Waals surface area contributed by atoms with Crippen molar-refractivity contribution in [3.63, 3.8) is 0 Å². The van der Waals surface area contributed by atoms with Crippen LogP contribution in [0.4, 0.5) is 5.69 Å². The van der Waals surface area contributed by atoms with E-state index in [0.717, 1.165) is 0 Å². The predicted octanol–water partition coefficient (Wildman–Crippen LogP) is 2.57. The van der Waals surface area contributed by atoms with Gasteiger partial charge in [-0.25, -0.2) is 4.79 Å². The van der Waals surface area contributed by atoms with E-state index in [9.17, 15) is 29.6 Å². The molecule has 2 amide bonds. The Bertz CT molecular complexity index is 947. The van der Waals surface area contributed by atoms with Crippen molar-refractivity contribution in [2.75, 3.05) is 0 Å².